The van der Waals surface area contributed by atoms with Crippen LogP contribution in [-0.4, -0.2) is 61.7 Å². The van der Waals surface area contributed by atoms with Gasteiger partial charge in [-0.1, -0.05) is 0 Å². The van der Waals surface area contributed by atoms with E-state index in [2.05, 4.69) is 41.7 Å². The van der Waals surface area contributed by atoms with Crippen molar-refractivity contribution in [2.24, 2.45) is 7.05 Å². The monoisotopic (exact) mass is 479 g/mol. The third-order valence-corrected chi connectivity index (χ3v) is 6.93. The van der Waals surface area contributed by atoms with Gasteiger partial charge in [0.05, 0.1) is 24.0 Å². The number of amides is 1. The molecule has 3 aromatic rings. The number of thiazole rings is 1. The maximum absolute atomic E-state index is 12.5. The number of nitrogens with one attached hydrogen (secondary N) is 2. The van der Waals surface area contributed by atoms with Gasteiger partial charge in [0.15, 0.2) is 5.13 Å². The number of likely N-dealkylation sites (tertiary alicyclic amines) is 1. The van der Waals surface area contributed by atoms with Gasteiger partial charge in [-0.2, -0.15) is 10.4 Å². The largest absolute Gasteiger partial charge is 0.350 e. The fourth-order valence-electron chi connectivity index (χ4n) is 4.30. The van der Waals surface area contributed by atoms with E-state index in [0.717, 1.165) is 55.0 Å². The topological polar surface area (TPSA) is 125 Å². The van der Waals surface area contributed by atoms with Gasteiger partial charge in [0, 0.05) is 43.3 Å². The number of aryl methyl sites for hydroxylation is 2. The van der Waals surface area contributed by atoms with Crippen molar-refractivity contribution in [2.75, 3.05) is 31.5 Å². The molecular weight excluding hydrogens is 450 g/mol. The maximum atomic E-state index is 12.5. The van der Waals surface area contributed by atoms with Crippen LogP contribution in [0.15, 0.2) is 17.6 Å². The zero-order valence-corrected chi connectivity index (χ0v) is 20.5. The molecule has 1 amide bonds. The van der Waals surface area contributed by atoms with Crippen molar-refractivity contribution in [2.45, 2.75) is 39.0 Å². The number of rotatable bonds is 8. The van der Waals surface area contributed by atoms with Gasteiger partial charge in [-0.25, -0.2) is 15.0 Å². The lowest BCUT2D eigenvalue weighted by atomic mass is 9.94. The van der Waals surface area contributed by atoms with Crippen LogP contribution < -0.4 is 10.6 Å². The second-order valence-electron chi connectivity index (χ2n) is 8.48. The number of nitriles is 1. The minimum atomic E-state index is -0.210. The molecule has 1 aliphatic rings. The number of nitrogens with zero attached hydrogens (tertiary/aromatic N) is 7. The summed E-state index contributed by atoms with van der Waals surface area (Å²) in [5.41, 5.74) is 4.58. The molecule has 0 bridgehead atoms. The SMILES string of the molecule is Cc1nn(C)c(C)c1CCNC(=O)c1csc(Nc2nccc(C3CCCN(CC#N)C3)n2)n1. The quantitative estimate of drug-likeness (QED) is 0.473. The third-order valence-electron chi connectivity index (χ3n) is 6.17. The number of piperidine rings is 1. The molecule has 10 nitrogen and oxygen atoms in total. The summed E-state index contributed by atoms with van der Waals surface area (Å²) in [7, 11) is 1.92. The number of hydrogen-bond donors (Lipinski definition) is 2. The van der Waals surface area contributed by atoms with E-state index in [0.29, 0.717) is 29.9 Å². The summed E-state index contributed by atoms with van der Waals surface area (Å²) in [6.45, 7) is 6.74. The van der Waals surface area contributed by atoms with Gasteiger partial charge in [0.2, 0.25) is 5.95 Å². The second-order valence-corrected chi connectivity index (χ2v) is 9.34. The normalized spacial score (nSPS) is 16.2. The van der Waals surface area contributed by atoms with Crippen molar-refractivity contribution in [1.29, 1.82) is 5.26 Å². The van der Waals surface area contributed by atoms with Gasteiger partial charge in [-0.3, -0.25) is 14.4 Å². The van der Waals surface area contributed by atoms with Crippen molar-refractivity contribution >= 4 is 28.3 Å². The minimum Gasteiger partial charge on any atom is -0.350 e. The van der Waals surface area contributed by atoms with Crippen molar-refractivity contribution in [3.8, 4) is 6.07 Å². The van der Waals surface area contributed by atoms with Crippen LogP contribution in [0.25, 0.3) is 0 Å². The predicted octanol–water partition coefficient (Wildman–Crippen LogP) is 2.70. The molecule has 34 heavy (non-hydrogen) atoms. The molecule has 178 valence electrons. The third kappa shape index (κ3) is 5.58. The summed E-state index contributed by atoms with van der Waals surface area (Å²) in [4.78, 5) is 28.1. The van der Waals surface area contributed by atoms with E-state index in [1.807, 2.05) is 31.6 Å². The molecule has 0 spiro atoms. The number of hydrogen-bond acceptors (Lipinski definition) is 9. The summed E-state index contributed by atoms with van der Waals surface area (Å²) >= 11 is 1.34. The second kappa shape index (κ2) is 10.7. The first-order valence-corrected chi connectivity index (χ1v) is 12.2. The van der Waals surface area contributed by atoms with Crippen LogP contribution >= 0.6 is 11.3 Å². The molecule has 1 aliphatic heterocycles. The Kier molecular flexibility index (Phi) is 7.49. The van der Waals surface area contributed by atoms with Crippen molar-refractivity contribution in [3.63, 3.8) is 0 Å². The fourth-order valence-corrected chi connectivity index (χ4v) is 4.99. The highest BCUT2D eigenvalue weighted by atomic mass is 32.1. The summed E-state index contributed by atoms with van der Waals surface area (Å²) in [5.74, 6) is 0.520. The Morgan fingerprint density at radius 2 is 2.21 bits per heavy atom. The molecule has 2 N–H and O–H groups in total. The summed E-state index contributed by atoms with van der Waals surface area (Å²) in [6, 6.07) is 4.16. The van der Waals surface area contributed by atoms with Crippen molar-refractivity contribution < 1.29 is 4.79 Å². The molecule has 1 saturated heterocycles. The van der Waals surface area contributed by atoms with Crippen LogP contribution in [0.5, 0.6) is 0 Å². The van der Waals surface area contributed by atoms with Crippen LogP contribution in [0, 0.1) is 25.2 Å². The highest BCUT2D eigenvalue weighted by Gasteiger charge is 2.22. The lowest BCUT2D eigenvalue weighted by Gasteiger charge is -2.30. The molecular formula is C23H29N9OS. The first kappa shape index (κ1) is 23.8. The van der Waals surface area contributed by atoms with E-state index in [9.17, 15) is 4.79 Å². The lowest BCUT2D eigenvalue weighted by Crippen LogP contribution is -2.34. The number of aromatic nitrogens is 5. The molecule has 4 heterocycles. The summed E-state index contributed by atoms with van der Waals surface area (Å²) in [5, 5.41) is 21.7. The first-order valence-electron chi connectivity index (χ1n) is 11.4. The molecule has 4 rings (SSSR count). The van der Waals surface area contributed by atoms with Gasteiger partial charge in [-0.05, 0) is 51.3 Å². The van der Waals surface area contributed by atoms with Crippen LogP contribution in [0.1, 0.15) is 51.9 Å². The lowest BCUT2D eigenvalue weighted by molar-refractivity contribution is 0.0950. The summed E-state index contributed by atoms with van der Waals surface area (Å²) < 4.78 is 1.86. The molecule has 11 heteroatoms. The smallest absolute Gasteiger partial charge is 0.270 e. The van der Waals surface area contributed by atoms with Crippen molar-refractivity contribution in [3.05, 3.63) is 46.0 Å². The Balaban J connectivity index is 1.33. The van der Waals surface area contributed by atoms with Gasteiger partial charge < -0.3 is 10.6 Å². The van der Waals surface area contributed by atoms with E-state index in [1.165, 1.54) is 11.3 Å². The van der Waals surface area contributed by atoms with E-state index >= 15 is 0 Å². The zero-order valence-electron chi connectivity index (χ0n) is 19.7. The molecule has 3 aromatic heterocycles. The molecule has 0 radical (unpaired) electrons. The zero-order chi connectivity index (χ0) is 24.1. The average molecular weight is 480 g/mol. The maximum Gasteiger partial charge on any atom is 0.270 e. The van der Waals surface area contributed by atoms with Gasteiger partial charge in [-0.15, -0.1) is 11.3 Å². The Labute approximate surface area is 203 Å². The van der Waals surface area contributed by atoms with Gasteiger partial charge >= 0.3 is 0 Å². The summed E-state index contributed by atoms with van der Waals surface area (Å²) in [6.07, 6.45) is 4.54. The van der Waals surface area contributed by atoms with E-state index in [4.69, 9.17) is 5.26 Å². The molecule has 0 saturated carbocycles. The number of carbonyl (C=O) groups is 1. The standard InChI is InChI=1S/C23H29N9OS/c1-15-18(16(2)31(3)30-15)6-9-25-21(33)20-14-34-23(28-20)29-22-26-10-7-19(27-22)17-5-4-11-32(13-17)12-8-24/h7,10,14,17H,4-6,9,11-13H2,1-3H3,(H,25,33)(H,26,27,28,29). The minimum absolute atomic E-state index is 0.210. The molecule has 0 aliphatic carbocycles. The molecule has 1 fully saturated rings. The Morgan fingerprint density at radius 3 is 2.97 bits per heavy atom. The van der Waals surface area contributed by atoms with Crippen LogP contribution in [0.2, 0.25) is 0 Å². The molecule has 0 aromatic carbocycles. The van der Waals surface area contributed by atoms with E-state index in [1.54, 1.807) is 11.6 Å². The molecule has 1 unspecified atom stereocenters. The Morgan fingerprint density at radius 1 is 1.35 bits per heavy atom. The highest BCUT2D eigenvalue weighted by Crippen LogP contribution is 2.26. The Hall–Kier alpha value is -3.36. The molecule has 1 atom stereocenters. The average Bonchev–Trinajstić information content (AvgIpc) is 3.39. The van der Waals surface area contributed by atoms with Crippen LogP contribution in [0.3, 0.4) is 0 Å². The number of carbonyl (C=O) groups excluding carboxylic acids is 1. The highest BCUT2D eigenvalue weighted by molar-refractivity contribution is 7.14. The van der Waals surface area contributed by atoms with E-state index < -0.39 is 0 Å². The van der Waals surface area contributed by atoms with E-state index in [-0.39, 0.29) is 11.8 Å². The Bertz CT molecular complexity index is 1200. The van der Waals surface area contributed by atoms with Crippen LogP contribution in [-0.2, 0) is 13.5 Å². The van der Waals surface area contributed by atoms with Gasteiger partial charge in [0.1, 0.15) is 5.69 Å². The fraction of sp³-hybridized carbons (Fsp3) is 0.478. The predicted molar refractivity (Wildman–Crippen MR) is 130 cm³/mol. The van der Waals surface area contributed by atoms with Crippen molar-refractivity contribution in [1.82, 2.24) is 34.9 Å². The van der Waals surface area contributed by atoms with Gasteiger partial charge in [0.25, 0.3) is 5.91 Å². The van der Waals surface area contributed by atoms with Crippen LogP contribution in [0.4, 0.5) is 11.1 Å². The number of anilines is 2. The first-order chi connectivity index (χ1) is 16.4.